The average molecular weight is 484 g/mol. The van der Waals surface area contributed by atoms with Gasteiger partial charge in [0.1, 0.15) is 11.5 Å². The molecule has 0 bridgehead atoms. The summed E-state index contributed by atoms with van der Waals surface area (Å²) in [5.41, 5.74) is 1.20. The zero-order valence-electron chi connectivity index (χ0n) is 17.6. The highest BCUT2D eigenvalue weighted by Crippen LogP contribution is 2.33. The number of benzene rings is 3. The molecule has 0 aliphatic heterocycles. The lowest BCUT2D eigenvalue weighted by atomic mass is 10.2. The topological polar surface area (TPSA) is 107 Å². The van der Waals surface area contributed by atoms with Crippen molar-refractivity contribution < 1.29 is 22.7 Å². The fourth-order valence-electron chi connectivity index (χ4n) is 2.99. The first kappa shape index (κ1) is 22.5. The maximum atomic E-state index is 13.1. The molecule has 0 radical (unpaired) electrons. The number of sulfone groups is 1. The molecule has 0 atom stereocenters. The molecule has 0 aliphatic rings. The van der Waals surface area contributed by atoms with E-state index in [2.05, 4.69) is 15.3 Å². The van der Waals surface area contributed by atoms with Crippen molar-refractivity contribution in [2.75, 3.05) is 18.7 Å². The Balaban J connectivity index is 1.74. The summed E-state index contributed by atoms with van der Waals surface area (Å²) in [7, 11) is -1.93. The summed E-state index contributed by atoms with van der Waals surface area (Å²) < 4.78 is 34.7. The fourth-order valence-corrected chi connectivity index (χ4v) is 3.87. The zero-order chi connectivity index (χ0) is 23.6. The summed E-state index contributed by atoms with van der Waals surface area (Å²) in [6.07, 6.45) is 1.09. The van der Waals surface area contributed by atoms with Crippen LogP contribution in [0.2, 0.25) is 5.02 Å². The first-order valence-corrected chi connectivity index (χ1v) is 11.9. The maximum absolute atomic E-state index is 13.1. The highest BCUT2D eigenvalue weighted by atomic mass is 35.5. The van der Waals surface area contributed by atoms with Crippen LogP contribution in [0.15, 0.2) is 71.6 Å². The number of halogens is 1. The van der Waals surface area contributed by atoms with Gasteiger partial charge in [-0.2, -0.15) is 0 Å². The van der Waals surface area contributed by atoms with E-state index in [9.17, 15) is 13.2 Å². The molecular formula is C23H18ClN3O5S. The third-order valence-corrected chi connectivity index (χ3v) is 6.02. The number of fused-ring (bicyclic) bond motifs is 1. The number of carbonyl (C=O) groups is 1. The third kappa shape index (κ3) is 5.05. The summed E-state index contributed by atoms with van der Waals surface area (Å²) in [4.78, 5) is 22.1. The molecule has 1 amide bonds. The number of para-hydroxylation sites is 2. The quantitative estimate of drug-likeness (QED) is 0.422. The highest BCUT2D eigenvalue weighted by Gasteiger charge is 2.20. The molecule has 8 nitrogen and oxygen atoms in total. The molecule has 0 aliphatic carbocycles. The van der Waals surface area contributed by atoms with Crippen LogP contribution in [0, 0.1) is 0 Å². The number of anilines is 1. The third-order valence-electron chi connectivity index (χ3n) is 4.62. The van der Waals surface area contributed by atoms with Gasteiger partial charge in [-0.3, -0.25) is 4.79 Å². The van der Waals surface area contributed by atoms with E-state index < -0.39 is 15.7 Å². The Hall–Kier alpha value is -3.69. The number of nitrogens with zero attached hydrogens (tertiary/aromatic N) is 2. The average Bonchev–Trinajstić information content (AvgIpc) is 2.79. The second-order valence-corrected chi connectivity index (χ2v) is 9.44. The van der Waals surface area contributed by atoms with E-state index in [0.29, 0.717) is 16.8 Å². The van der Waals surface area contributed by atoms with Crippen molar-refractivity contribution in [2.24, 2.45) is 0 Å². The van der Waals surface area contributed by atoms with Crippen LogP contribution in [-0.2, 0) is 9.84 Å². The summed E-state index contributed by atoms with van der Waals surface area (Å²) in [6, 6.07) is 17.8. The molecule has 0 spiro atoms. The zero-order valence-corrected chi connectivity index (χ0v) is 19.1. The Kier molecular flexibility index (Phi) is 6.17. The first-order chi connectivity index (χ1) is 15.7. The Labute approximate surface area is 195 Å². The van der Waals surface area contributed by atoms with Gasteiger partial charge in [0.25, 0.3) is 11.8 Å². The van der Waals surface area contributed by atoms with Gasteiger partial charge in [0.05, 0.1) is 28.1 Å². The van der Waals surface area contributed by atoms with E-state index in [0.717, 1.165) is 6.26 Å². The van der Waals surface area contributed by atoms with Gasteiger partial charge in [-0.1, -0.05) is 29.8 Å². The van der Waals surface area contributed by atoms with Crippen LogP contribution in [0.1, 0.15) is 10.5 Å². The fraction of sp³-hybridized carbons (Fsp3) is 0.0870. The summed E-state index contributed by atoms with van der Waals surface area (Å²) >= 11 is 6.29. The molecule has 3 aromatic carbocycles. The van der Waals surface area contributed by atoms with Crippen molar-refractivity contribution >= 4 is 44.1 Å². The van der Waals surface area contributed by atoms with Crippen LogP contribution in [0.5, 0.6) is 17.4 Å². The van der Waals surface area contributed by atoms with Gasteiger partial charge in [0.15, 0.2) is 15.5 Å². The molecule has 4 rings (SSSR count). The Morgan fingerprint density at radius 3 is 2.36 bits per heavy atom. The second kappa shape index (κ2) is 9.05. The van der Waals surface area contributed by atoms with E-state index >= 15 is 0 Å². The molecule has 168 valence electrons. The van der Waals surface area contributed by atoms with E-state index in [1.165, 1.54) is 25.3 Å². The van der Waals surface area contributed by atoms with E-state index in [1.807, 2.05) is 0 Å². The molecular weight excluding hydrogens is 466 g/mol. The maximum Gasteiger partial charge on any atom is 0.279 e. The molecule has 10 heteroatoms. The minimum atomic E-state index is -3.44. The Morgan fingerprint density at radius 1 is 0.970 bits per heavy atom. The molecule has 1 N–H and O–H groups in total. The number of hydrogen-bond acceptors (Lipinski definition) is 7. The van der Waals surface area contributed by atoms with Crippen LogP contribution in [-0.4, -0.2) is 37.7 Å². The number of amides is 1. The van der Waals surface area contributed by atoms with Crippen LogP contribution >= 0.6 is 11.6 Å². The second-order valence-electron chi connectivity index (χ2n) is 7.02. The van der Waals surface area contributed by atoms with Crippen molar-refractivity contribution in [1.29, 1.82) is 0 Å². The molecule has 4 aromatic rings. The molecule has 1 heterocycles. The standard InChI is InChI=1S/C23H18ClN3O5S/c1-31-15-10-11-20(17(24)13-15)32-23-21(26-18-8-3-4-9-19(18)27-23)22(28)25-14-6-5-7-16(12-14)33(2,29)30/h3-13H,1-2H3,(H,25,28). The van der Waals surface area contributed by atoms with Crippen LogP contribution < -0.4 is 14.8 Å². The van der Waals surface area contributed by atoms with Gasteiger partial charge >= 0.3 is 0 Å². The lowest BCUT2D eigenvalue weighted by molar-refractivity contribution is 0.101. The number of ether oxygens (including phenoxy) is 2. The SMILES string of the molecule is COc1ccc(Oc2nc3ccccc3nc2C(=O)Nc2cccc(S(C)(=O)=O)c2)c(Cl)c1. The predicted octanol–water partition coefficient (Wildman–Crippen LogP) is 4.74. The smallest absolute Gasteiger partial charge is 0.279 e. The molecule has 0 saturated heterocycles. The lowest BCUT2D eigenvalue weighted by Crippen LogP contribution is -2.16. The molecule has 0 fully saturated rings. The number of nitrogens with one attached hydrogen (secondary N) is 1. The molecule has 33 heavy (non-hydrogen) atoms. The summed E-state index contributed by atoms with van der Waals surface area (Å²) in [5.74, 6) is 0.118. The van der Waals surface area contributed by atoms with Gasteiger partial charge in [0.2, 0.25) is 0 Å². The van der Waals surface area contributed by atoms with Gasteiger partial charge in [-0.15, -0.1) is 0 Å². The predicted molar refractivity (Wildman–Crippen MR) is 125 cm³/mol. The largest absolute Gasteiger partial charge is 0.497 e. The van der Waals surface area contributed by atoms with Crippen LogP contribution in [0.3, 0.4) is 0 Å². The van der Waals surface area contributed by atoms with Crippen molar-refractivity contribution in [2.45, 2.75) is 4.90 Å². The molecule has 0 saturated carbocycles. The van der Waals surface area contributed by atoms with Crippen molar-refractivity contribution in [3.8, 4) is 17.4 Å². The number of rotatable bonds is 6. The molecule has 1 aromatic heterocycles. The highest BCUT2D eigenvalue weighted by molar-refractivity contribution is 7.90. The Morgan fingerprint density at radius 2 is 1.70 bits per heavy atom. The van der Waals surface area contributed by atoms with Crippen molar-refractivity contribution in [1.82, 2.24) is 9.97 Å². The first-order valence-electron chi connectivity index (χ1n) is 9.64. The summed E-state index contributed by atoms with van der Waals surface area (Å²) in [6.45, 7) is 0. The van der Waals surface area contributed by atoms with E-state index in [1.54, 1.807) is 48.5 Å². The number of methoxy groups -OCH3 is 1. The Bertz CT molecular complexity index is 1470. The van der Waals surface area contributed by atoms with Gasteiger partial charge in [-0.25, -0.2) is 18.4 Å². The normalized spacial score (nSPS) is 11.2. The lowest BCUT2D eigenvalue weighted by Gasteiger charge is -2.13. The van der Waals surface area contributed by atoms with Crippen molar-refractivity contribution in [3.63, 3.8) is 0 Å². The van der Waals surface area contributed by atoms with Gasteiger partial charge < -0.3 is 14.8 Å². The molecule has 0 unspecified atom stereocenters. The monoisotopic (exact) mass is 483 g/mol. The van der Waals surface area contributed by atoms with Crippen molar-refractivity contribution in [3.05, 3.63) is 77.4 Å². The number of hydrogen-bond donors (Lipinski definition) is 1. The van der Waals surface area contributed by atoms with E-state index in [4.69, 9.17) is 21.1 Å². The number of aromatic nitrogens is 2. The number of carbonyl (C=O) groups excluding carboxylic acids is 1. The minimum absolute atomic E-state index is 0.0578. The van der Waals surface area contributed by atoms with Gasteiger partial charge in [-0.05, 0) is 42.5 Å². The minimum Gasteiger partial charge on any atom is -0.497 e. The van der Waals surface area contributed by atoms with Crippen LogP contribution in [0.25, 0.3) is 11.0 Å². The van der Waals surface area contributed by atoms with Crippen LogP contribution in [0.4, 0.5) is 5.69 Å². The van der Waals surface area contributed by atoms with Gasteiger partial charge in [0, 0.05) is 18.0 Å². The van der Waals surface area contributed by atoms with E-state index in [-0.39, 0.29) is 32.9 Å². The summed E-state index contributed by atoms with van der Waals surface area (Å²) in [5, 5.41) is 2.92.